The van der Waals surface area contributed by atoms with Crippen LogP contribution in [0.15, 0.2) is 54.6 Å². The first-order valence-electron chi connectivity index (χ1n) is 12.1. The Morgan fingerprint density at radius 3 is 2.46 bits per heavy atom. The lowest BCUT2D eigenvalue weighted by atomic mass is 9.91. The van der Waals surface area contributed by atoms with Gasteiger partial charge in [-0.1, -0.05) is 42.5 Å². The zero-order chi connectivity index (χ0) is 24.9. The van der Waals surface area contributed by atoms with Crippen molar-refractivity contribution in [3.63, 3.8) is 0 Å². The lowest BCUT2D eigenvalue weighted by Gasteiger charge is -2.23. The number of benzene rings is 2. The Morgan fingerprint density at radius 1 is 0.971 bits per heavy atom. The second-order valence-electron chi connectivity index (χ2n) is 8.71. The van der Waals surface area contributed by atoms with E-state index in [1.807, 2.05) is 30.3 Å². The van der Waals surface area contributed by atoms with Crippen molar-refractivity contribution in [2.75, 3.05) is 39.9 Å². The maximum Gasteiger partial charge on any atom is 0.343 e. The molecular formula is C27H35N3O5. The molecule has 0 saturated carbocycles. The van der Waals surface area contributed by atoms with Crippen LogP contribution in [0.5, 0.6) is 5.75 Å². The number of carbonyl (C=O) groups is 3. The molecule has 0 aliphatic carbocycles. The van der Waals surface area contributed by atoms with Crippen LogP contribution in [-0.4, -0.2) is 62.6 Å². The van der Waals surface area contributed by atoms with Gasteiger partial charge in [0.2, 0.25) is 11.8 Å². The summed E-state index contributed by atoms with van der Waals surface area (Å²) in [6.45, 7) is 2.56. The van der Waals surface area contributed by atoms with Crippen LogP contribution >= 0.6 is 0 Å². The largest absolute Gasteiger partial charge is 0.482 e. The van der Waals surface area contributed by atoms with Gasteiger partial charge in [-0.25, -0.2) is 4.79 Å². The van der Waals surface area contributed by atoms with Crippen LogP contribution in [0, 0.1) is 0 Å². The first-order chi connectivity index (χ1) is 17.0. The van der Waals surface area contributed by atoms with Crippen LogP contribution in [-0.2, 0) is 25.7 Å². The molecule has 2 aromatic rings. The van der Waals surface area contributed by atoms with Gasteiger partial charge in [-0.2, -0.15) is 0 Å². The first-order valence-corrected chi connectivity index (χ1v) is 12.1. The molecule has 1 heterocycles. The van der Waals surface area contributed by atoms with Gasteiger partial charge in [-0.3, -0.25) is 14.5 Å². The third kappa shape index (κ3) is 9.41. The highest BCUT2D eigenvalue weighted by molar-refractivity contribution is 5.78. The Balaban J connectivity index is 1.58. The van der Waals surface area contributed by atoms with Gasteiger partial charge in [-0.05, 0) is 48.4 Å². The highest BCUT2D eigenvalue weighted by atomic mass is 16.6. The molecule has 8 nitrogen and oxygen atoms in total. The third-order valence-corrected chi connectivity index (χ3v) is 6.06. The maximum absolute atomic E-state index is 12.7. The van der Waals surface area contributed by atoms with Crippen molar-refractivity contribution in [3.8, 4) is 5.75 Å². The number of carbonyl (C=O) groups excluding carboxylic acids is 3. The molecule has 1 saturated heterocycles. The summed E-state index contributed by atoms with van der Waals surface area (Å²) in [6, 6.07) is 17.6. The van der Waals surface area contributed by atoms with E-state index in [9.17, 15) is 14.4 Å². The molecule has 35 heavy (non-hydrogen) atoms. The van der Waals surface area contributed by atoms with E-state index in [0.717, 1.165) is 24.8 Å². The molecule has 2 N–H and O–H groups in total. The first kappa shape index (κ1) is 26.2. The smallest absolute Gasteiger partial charge is 0.343 e. The van der Waals surface area contributed by atoms with Crippen LogP contribution in [0.25, 0.3) is 0 Å². The molecule has 0 radical (unpaired) electrons. The molecule has 3 rings (SSSR count). The molecule has 1 unspecified atom stereocenters. The molecular weight excluding hydrogens is 446 g/mol. The van der Waals surface area contributed by atoms with Crippen LogP contribution in [0.1, 0.15) is 42.7 Å². The Hall–Kier alpha value is -3.39. The van der Waals surface area contributed by atoms with E-state index in [2.05, 4.69) is 32.4 Å². The van der Waals surface area contributed by atoms with E-state index in [4.69, 9.17) is 4.74 Å². The van der Waals surface area contributed by atoms with Crippen molar-refractivity contribution >= 4 is 17.8 Å². The summed E-state index contributed by atoms with van der Waals surface area (Å²) in [5.74, 6) is 0.431. The van der Waals surface area contributed by atoms with Crippen molar-refractivity contribution in [2.24, 2.45) is 0 Å². The summed E-state index contributed by atoms with van der Waals surface area (Å²) in [5, 5.41) is 6.08. The van der Waals surface area contributed by atoms with Gasteiger partial charge in [0.05, 0.1) is 13.7 Å². The molecule has 0 spiro atoms. The Labute approximate surface area is 207 Å². The summed E-state index contributed by atoms with van der Waals surface area (Å²) in [4.78, 5) is 38.4. The normalized spacial score (nSPS) is 18.6. The number of nitrogens with zero attached hydrogens (tertiary/aromatic N) is 1. The Bertz CT molecular complexity index is 949. The highest BCUT2D eigenvalue weighted by Gasteiger charge is 2.17. The number of esters is 1. The maximum atomic E-state index is 12.7. The summed E-state index contributed by atoms with van der Waals surface area (Å²) < 4.78 is 9.97. The number of amides is 2. The van der Waals surface area contributed by atoms with E-state index >= 15 is 0 Å². The molecule has 0 aromatic heterocycles. The van der Waals surface area contributed by atoms with Gasteiger partial charge in [0.25, 0.3) is 0 Å². The molecule has 0 bridgehead atoms. The van der Waals surface area contributed by atoms with Crippen molar-refractivity contribution in [1.82, 2.24) is 15.5 Å². The molecule has 8 heteroatoms. The summed E-state index contributed by atoms with van der Waals surface area (Å²) in [7, 11) is 1.32. The SMILES string of the molecule is COC(=O)COc1ccc(CN2CCCNC(=O)CCC(c3ccccc3)CCNC(=O)C2)cc1. The van der Waals surface area contributed by atoms with Gasteiger partial charge in [0.1, 0.15) is 5.75 Å². The fraction of sp³-hybridized carbons (Fsp3) is 0.444. The topological polar surface area (TPSA) is 97.0 Å². The lowest BCUT2D eigenvalue weighted by molar-refractivity contribution is -0.143. The van der Waals surface area contributed by atoms with Crippen LogP contribution in [0.3, 0.4) is 0 Å². The molecule has 1 atom stereocenters. The number of nitrogens with one attached hydrogen (secondary N) is 2. The van der Waals surface area contributed by atoms with E-state index in [1.54, 1.807) is 12.1 Å². The van der Waals surface area contributed by atoms with Gasteiger partial charge in [0, 0.05) is 32.6 Å². The minimum Gasteiger partial charge on any atom is -0.482 e. The molecule has 1 aliphatic rings. The standard InChI is InChI=1S/C27H35N3O5/c1-34-27(33)20-35-24-11-8-21(9-12-24)18-30-17-5-15-28-25(31)13-10-23(14-16-29-26(32)19-30)22-6-3-2-4-7-22/h2-4,6-9,11-12,23H,5,10,13-20H2,1H3,(H,28,31)(H,29,32). The summed E-state index contributed by atoms with van der Waals surface area (Å²) in [5.41, 5.74) is 2.22. The molecule has 1 aliphatic heterocycles. The summed E-state index contributed by atoms with van der Waals surface area (Å²) in [6.07, 6.45) is 2.77. The second-order valence-corrected chi connectivity index (χ2v) is 8.71. The van der Waals surface area contributed by atoms with Gasteiger partial charge in [0.15, 0.2) is 6.61 Å². The number of ether oxygens (including phenoxy) is 2. The number of rotatable bonds is 6. The van der Waals surface area contributed by atoms with Crippen molar-refractivity contribution in [2.45, 2.75) is 38.1 Å². The van der Waals surface area contributed by atoms with Crippen LogP contribution < -0.4 is 15.4 Å². The van der Waals surface area contributed by atoms with Gasteiger partial charge in [-0.15, -0.1) is 0 Å². The minimum absolute atomic E-state index is 0.00376. The van der Waals surface area contributed by atoms with E-state index < -0.39 is 5.97 Å². The number of methoxy groups -OCH3 is 1. The van der Waals surface area contributed by atoms with Gasteiger partial charge >= 0.3 is 5.97 Å². The monoisotopic (exact) mass is 481 g/mol. The zero-order valence-electron chi connectivity index (χ0n) is 20.3. The zero-order valence-corrected chi connectivity index (χ0v) is 20.3. The van der Waals surface area contributed by atoms with Crippen LogP contribution in [0.2, 0.25) is 0 Å². The quantitative estimate of drug-likeness (QED) is 0.616. The average Bonchev–Trinajstić information content (AvgIpc) is 2.88. The van der Waals surface area contributed by atoms with Crippen molar-refractivity contribution in [3.05, 3.63) is 65.7 Å². The molecule has 188 valence electrons. The third-order valence-electron chi connectivity index (χ3n) is 6.06. The number of hydrogen-bond acceptors (Lipinski definition) is 6. The predicted molar refractivity (Wildman–Crippen MR) is 133 cm³/mol. The Kier molecular flexibility index (Phi) is 10.6. The fourth-order valence-corrected chi connectivity index (χ4v) is 4.14. The van der Waals surface area contributed by atoms with E-state index in [-0.39, 0.29) is 30.9 Å². The highest BCUT2D eigenvalue weighted by Crippen LogP contribution is 2.24. The van der Waals surface area contributed by atoms with Crippen molar-refractivity contribution < 1.29 is 23.9 Å². The van der Waals surface area contributed by atoms with Gasteiger partial charge < -0.3 is 20.1 Å². The average molecular weight is 482 g/mol. The molecule has 2 amide bonds. The van der Waals surface area contributed by atoms with Crippen LogP contribution in [0.4, 0.5) is 0 Å². The fourth-order valence-electron chi connectivity index (χ4n) is 4.14. The number of hydrogen-bond donors (Lipinski definition) is 2. The summed E-state index contributed by atoms with van der Waals surface area (Å²) >= 11 is 0. The van der Waals surface area contributed by atoms with Crippen molar-refractivity contribution in [1.29, 1.82) is 0 Å². The molecule has 2 aromatic carbocycles. The lowest BCUT2D eigenvalue weighted by Crippen LogP contribution is -2.39. The molecule has 1 fully saturated rings. The van der Waals surface area contributed by atoms with E-state index in [1.165, 1.54) is 12.7 Å². The minimum atomic E-state index is -0.437. The predicted octanol–water partition coefficient (Wildman–Crippen LogP) is 2.63. The Morgan fingerprint density at radius 2 is 1.71 bits per heavy atom. The second kappa shape index (κ2) is 14.1. The van der Waals surface area contributed by atoms with E-state index in [0.29, 0.717) is 38.3 Å².